The molecule has 1 aliphatic carbocycles. The molecule has 0 heterocycles. The van der Waals surface area contributed by atoms with Gasteiger partial charge in [-0.25, -0.2) is 0 Å². The molecule has 1 unspecified atom stereocenters. The molecule has 0 aliphatic heterocycles. The summed E-state index contributed by atoms with van der Waals surface area (Å²) in [6.45, 7) is 11.0. The number of carbonyl (C=O) groups excluding carboxylic acids is 1. The normalized spacial score (nSPS) is 23.7. The van der Waals surface area contributed by atoms with Crippen molar-refractivity contribution in [2.45, 2.75) is 71.9 Å². The van der Waals surface area contributed by atoms with Crippen LogP contribution in [-0.4, -0.2) is 24.2 Å². The molecule has 0 amide bonds. The van der Waals surface area contributed by atoms with Crippen molar-refractivity contribution in [1.82, 2.24) is 5.32 Å². The highest BCUT2D eigenvalue weighted by molar-refractivity contribution is 5.70. The van der Waals surface area contributed by atoms with Gasteiger partial charge in [0.05, 0.1) is 6.42 Å². The van der Waals surface area contributed by atoms with E-state index in [9.17, 15) is 4.79 Å². The molecule has 0 saturated heterocycles. The van der Waals surface area contributed by atoms with Crippen LogP contribution in [0.4, 0.5) is 0 Å². The van der Waals surface area contributed by atoms with Crippen molar-refractivity contribution in [3.05, 3.63) is 0 Å². The van der Waals surface area contributed by atoms with Gasteiger partial charge in [0.25, 0.3) is 0 Å². The predicted molar refractivity (Wildman–Crippen MR) is 69.9 cm³/mol. The SMILES string of the molecule is CC1(C)CCC(NCCC(=O)OC(C)(C)C)C1. The zero-order chi connectivity index (χ0) is 13.1. The van der Waals surface area contributed by atoms with Gasteiger partial charge in [-0.3, -0.25) is 4.79 Å². The van der Waals surface area contributed by atoms with Crippen LogP contribution in [0.1, 0.15) is 60.3 Å². The van der Waals surface area contributed by atoms with Gasteiger partial charge < -0.3 is 10.1 Å². The van der Waals surface area contributed by atoms with Gasteiger partial charge >= 0.3 is 5.97 Å². The summed E-state index contributed by atoms with van der Waals surface area (Å²) in [7, 11) is 0. The Hall–Kier alpha value is -0.570. The molecule has 1 rings (SSSR count). The van der Waals surface area contributed by atoms with Crippen LogP contribution in [0.25, 0.3) is 0 Å². The van der Waals surface area contributed by atoms with E-state index in [1.807, 2.05) is 20.8 Å². The molecule has 1 saturated carbocycles. The van der Waals surface area contributed by atoms with E-state index in [0.29, 0.717) is 17.9 Å². The zero-order valence-electron chi connectivity index (χ0n) is 11.9. The minimum absolute atomic E-state index is 0.109. The van der Waals surface area contributed by atoms with E-state index < -0.39 is 0 Å². The second-order valence-electron chi connectivity index (χ2n) is 6.89. The Labute approximate surface area is 105 Å². The third-order valence-electron chi connectivity index (χ3n) is 3.15. The average molecular weight is 241 g/mol. The quantitative estimate of drug-likeness (QED) is 0.769. The molecular formula is C14H27NO2. The maximum Gasteiger partial charge on any atom is 0.307 e. The smallest absolute Gasteiger partial charge is 0.307 e. The van der Waals surface area contributed by atoms with Gasteiger partial charge in [-0.05, 0) is 45.4 Å². The number of nitrogens with one attached hydrogen (secondary N) is 1. The van der Waals surface area contributed by atoms with Crippen LogP contribution in [0.5, 0.6) is 0 Å². The van der Waals surface area contributed by atoms with E-state index >= 15 is 0 Å². The molecule has 100 valence electrons. The van der Waals surface area contributed by atoms with E-state index in [2.05, 4.69) is 19.2 Å². The van der Waals surface area contributed by atoms with Crippen LogP contribution < -0.4 is 5.32 Å². The monoisotopic (exact) mass is 241 g/mol. The highest BCUT2D eigenvalue weighted by atomic mass is 16.6. The lowest BCUT2D eigenvalue weighted by Gasteiger charge is -2.20. The van der Waals surface area contributed by atoms with E-state index in [-0.39, 0.29) is 11.6 Å². The predicted octanol–water partition coefficient (Wildman–Crippen LogP) is 2.89. The Morgan fingerprint density at radius 2 is 2.06 bits per heavy atom. The highest BCUT2D eigenvalue weighted by Gasteiger charge is 2.30. The van der Waals surface area contributed by atoms with E-state index in [0.717, 1.165) is 6.54 Å². The highest BCUT2D eigenvalue weighted by Crippen LogP contribution is 2.36. The zero-order valence-corrected chi connectivity index (χ0v) is 11.9. The topological polar surface area (TPSA) is 38.3 Å². The number of hydrogen-bond acceptors (Lipinski definition) is 3. The molecular weight excluding hydrogens is 214 g/mol. The molecule has 1 N–H and O–H groups in total. The summed E-state index contributed by atoms with van der Waals surface area (Å²) in [6, 6.07) is 0.576. The van der Waals surface area contributed by atoms with Crippen molar-refractivity contribution in [2.24, 2.45) is 5.41 Å². The van der Waals surface area contributed by atoms with E-state index in [1.54, 1.807) is 0 Å². The number of carbonyl (C=O) groups is 1. The minimum Gasteiger partial charge on any atom is -0.460 e. The molecule has 1 atom stereocenters. The molecule has 0 aromatic carbocycles. The van der Waals surface area contributed by atoms with Crippen molar-refractivity contribution in [3.8, 4) is 0 Å². The van der Waals surface area contributed by atoms with Crippen LogP contribution in [0, 0.1) is 5.41 Å². The Balaban J connectivity index is 2.15. The van der Waals surface area contributed by atoms with Crippen molar-refractivity contribution in [2.75, 3.05) is 6.54 Å². The van der Waals surface area contributed by atoms with Crippen LogP contribution in [0.15, 0.2) is 0 Å². The fourth-order valence-corrected chi connectivity index (χ4v) is 2.38. The summed E-state index contributed by atoms with van der Waals surface area (Å²) in [4.78, 5) is 11.5. The maximum atomic E-state index is 11.5. The summed E-state index contributed by atoms with van der Waals surface area (Å²) >= 11 is 0. The third-order valence-corrected chi connectivity index (χ3v) is 3.15. The first-order valence-corrected chi connectivity index (χ1v) is 6.63. The Kier molecular flexibility index (Phi) is 4.59. The van der Waals surface area contributed by atoms with Crippen molar-refractivity contribution in [1.29, 1.82) is 0 Å². The average Bonchev–Trinajstić information content (AvgIpc) is 2.42. The third kappa shape index (κ3) is 6.06. The lowest BCUT2D eigenvalue weighted by molar-refractivity contribution is -0.154. The van der Waals surface area contributed by atoms with Gasteiger partial charge in [0, 0.05) is 12.6 Å². The summed E-state index contributed by atoms with van der Waals surface area (Å²) in [6.07, 6.45) is 4.17. The summed E-state index contributed by atoms with van der Waals surface area (Å²) in [5.41, 5.74) is 0.0933. The first kappa shape index (κ1) is 14.5. The summed E-state index contributed by atoms with van der Waals surface area (Å²) < 4.78 is 5.26. The second kappa shape index (κ2) is 5.38. The van der Waals surface area contributed by atoms with Gasteiger partial charge in [-0.15, -0.1) is 0 Å². The van der Waals surface area contributed by atoms with Crippen LogP contribution in [0.2, 0.25) is 0 Å². The van der Waals surface area contributed by atoms with Crippen molar-refractivity contribution in [3.63, 3.8) is 0 Å². The van der Waals surface area contributed by atoms with Gasteiger partial charge in [0.15, 0.2) is 0 Å². The molecule has 3 nitrogen and oxygen atoms in total. The molecule has 1 aliphatic rings. The van der Waals surface area contributed by atoms with Gasteiger partial charge in [0.1, 0.15) is 5.60 Å². The minimum atomic E-state index is -0.369. The Bertz CT molecular complexity index is 266. The Morgan fingerprint density at radius 1 is 1.41 bits per heavy atom. The van der Waals surface area contributed by atoms with Gasteiger partial charge in [0.2, 0.25) is 0 Å². The van der Waals surface area contributed by atoms with Gasteiger partial charge in [-0.1, -0.05) is 13.8 Å². The van der Waals surface area contributed by atoms with Crippen LogP contribution in [-0.2, 0) is 9.53 Å². The molecule has 0 bridgehead atoms. The van der Waals surface area contributed by atoms with E-state index in [4.69, 9.17) is 4.74 Å². The number of ether oxygens (including phenoxy) is 1. The van der Waals surface area contributed by atoms with E-state index in [1.165, 1.54) is 19.3 Å². The lowest BCUT2D eigenvalue weighted by atomic mass is 9.92. The van der Waals surface area contributed by atoms with Gasteiger partial charge in [-0.2, -0.15) is 0 Å². The van der Waals surface area contributed by atoms with Crippen molar-refractivity contribution < 1.29 is 9.53 Å². The van der Waals surface area contributed by atoms with Crippen LogP contribution >= 0.6 is 0 Å². The molecule has 3 heteroatoms. The summed E-state index contributed by atoms with van der Waals surface area (Å²) in [5, 5.41) is 3.45. The van der Waals surface area contributed by atoms with Crippen molar-refractivity contribution >= 4 is 5.97 Å². The first-order chi connectivity index (χ1) is 7.68. The summed E-state index contributed by atoms with van der Waals surface area (Å²) in [5.74, 6) is -0.109. The van der Waals surface area contributed by atoms with Crippen LogP contribution in [0.3, 0.4) is 0 Å². The molecule has 17 heavy (non-hydrogen) atoms. The fraction of sp³-hybridized carbons (Fsp3) is 0.929. The maximum absolute atomic E-state index is 11.5. The molecule has 1 fully saturated rings. The Morgan fingerprint density at radius 3 is 2.53 bits per heavy atom. The molecule has 0 radical (unpaired) electrons. The standard InChI is InChI=1S/C14H27NO2/c1-13(2,3)17-12(16)7-9-15-11-6-8-14(4,5)10-11/h11,15H,6-10H2,1-5H3. The number of hydrogen-bond donors (Lipinski definition) is 1. The lowest BCUT2D eigenvalue weighted by Crippen LogP contribution is -2.31. The number of esters is 1. The molecule has 0 aromatic heterocycles. The molecule has 0 aromatic rings. The second-order valence-corrected chi connectivity index (χ2v) is 6.89. The number of rotatable bonds is 4. The molecule has 0 spiro atoms. The first-order valence-electron chi connectivity index (χ1n) is 6.63. The fourth-order valence-electron chi connectivity index (χ4n) is 2.38. The largest absolute Gasteiger partial charge is 0.460 e.